The molecule has 1 fully saturated rings. The molecule has 2 aromatic rings. The van der Waals surface area contributed by atoms with Crippen molar-refractivity contribution in [2.24, 2.45) is 0 Å². The summed E-state index contributed by atoms with van der Waals surface area (Å²) in [6, 6.07) is 12.0. The van der Waals surface area contributed by atoms with E-state index in [-0.39, 0.29) is 11.8 Å². The minimum Gasteiger partial charge on any atom is -0.350 e. The number of amides is 2. The van der Waals surface area contributed by atoms with Gasteiger partial charge in [-0.05, 0) is 49.9 Å². The van der Waals surface area contributed by atoms with Crippen LogP contribution in [0.5, 0.6) is 0 Å². The second-order valence-corrected chi connectivity index (χ2v) is 7.36. The van der Waals surface area contributed by atoms with Crippen LogP contribution in [0.15, 0.2) is 42.6 Å². The summed E-state index contributed by atoms with van der Waals surface area (Å²) in [5.74, 6) is -0.0512. The third kappa shape index (κ3) is 5.89. The number of carbonyl (C=O) groups excluding carboxylic acids is 2. The molecule has 3 rings (SSSR count). The van der Waals surface area contributed by atoms with Gasteiger partial charge in [0, 0.05) is 30.9 Å². The molecular formula is C22H28N4O2. The highest BCUT2D eigenvalue weighted by atomic mass is 16.2. The van der Waals surface area contributed by atoms with E-state index in [0.717, 1.165) is 35.3 Å². The number of anilines is 1. The van der Waals surface area contributed by atoms with Gasteiger partial charge in [0.2, 0.25) is 11.8 Å². The number of hydrogen-bond acceptors (Lipinski definition) is 4. The monoisotopic (exact) mass is 380 g/mol. The van der Waals surface area contributed by atoms with Crippen molar-refractivity contribution in [3.8, 4) is 0 Å². The van der Waals surface area contributed by atoms with Crippen molar-refractivity contribution in [2.75, 3.05) is 18.4 Å². The highest BCUT2D eigenvalue weighted by Gasteiger charge is 2.30. The summed E-state index contributed by atoms with van der Waals surface area (Å²) in [5, 5.41) is 5.93. The number of aromatic nitrogens is 1. The fourth-order valence-corrected chi connectivity index (χ4v) is 3.23. The first kappa shape index (κ1) is 20.0. The second kappa shape index (κ2) is 9.46. The Bertz CT molecular complexity index is 798. The summed E-state index contributed by atoms with van der Waals surface area (Å²) in [6.45, 7) is 5.31. The van der Waals surface area contributed by atoms with Crippen molar-refractivity contribution in [1.29, 1.82) is 0 Å². The van der Waals surface area contributed by atoms with Gasteiger partial charge in [-0.3, -0.25) is 19.5 Å². The van der Waals surface area contributed by atoms with E-state index in [1.54, 1.807) is 6.20 Å². The Morgan fingerprint density at radius 2 is 1.82 bits per heavy atom. The lowest BCUT2D eigenvalue weighted by Crippen LogP contribution is -2.38. The minimum absolute atomic E-state index is 0.0218. The van der Waals surface area contributed by atoms with Gasteiger partial charge in [0.15, 0.2) is 0 Å². The van der Waals surface area contributed by atoms with Gasteiger partial charge in [0.25, 0.3) is 0 Å². The maximum absolute atomic E-state index is 12.6. The maximum atomic E-state index is 12.6. The number of benzene rings is 1. The first-order valence-corrected chi connectivity index (χ1v) is 9.79. The summed E-state index contributed by atoms with van der Waals surface area (Å²) in [6.07, 6.45) is 4.27. The lowest BCUT2D eigenvalue weighted by atomic mass is 10.1. The lowest BCUT2D eigenvalue weighted by Gasteiger charge is -2.22. The molecule has 1 saturated carbocycles. The Kier molecular flexibility index (Phi) is 6.76. The number of pyridine rings is 1. The normalized spacial score (nSPS) is 13.4. The van der Waals surface area contributed by atoms with Crippen LogP contribution in [0, 0.1) is 13.8 Å². The Morgan fingerprint density at radius 1 is 1.07 bits per heavy atom. The van der Waals surface area contributed by atoms with E-state index in [1.807, 2.05) is 50.2 Å². The lowest BCUT2D eigenvalue weighted by molar-refractivity contribution is -0.122. The van der Waals surface area contributed by atoms with Crippen LogP contribution in [0.3, 0.4) is 0 Å². The van der Waals surface area contributed by atoms with Gasteiger partial charge in [-0.15, -0.1) is 0 Å². The largest absolute Gasteiger partial charge is 0.350 e. The topological polar surface area (TPSA) is 74.3 Å². The predicted octanol–water partition coefficient (Wildman–Crippen LogP) is 2.81. The molecule has 0 bridgehead atoms. The van der Waals surface area contributed by atoms with Crippen molar-refractivity contribution in [1.82, 2.24) is 15.2 Å². The summed E-state index contributed by atoms with van der Waals surface area (Å²) in [7, 11) is 0. The molecule has 2 amide bonds. The summed E-state index contributed by atoms with van der Waals surface area (Å²) in [5.41, 5.74) is 3.83. The van der Waals surface area contributed by atoms with Gasteiger partial charge in [-0.2, -0.15) is 0 Å². The van der Waals surface area contributed by atoms with Crippen LogP contribution in [-0.4, -0.2) is 40.8 Å². The number of nitrogens with zero attached hydrogens (tertiary/aromatic N) is 2. The van der Waals surface area contributed by atoms with E-state index >= 15 is 0 Å². The van der Waals surface area contributed by atoms with Crippen LogP contribution >= 0.6 is 0 Å². The molecule has 1 aromatic carbocycles. The molecule has 1 aliphatic carbocycles. The third-order valence-electron chi connectivity index (χ3n) is 4.97. The van der Waals surface area contributed by atoms with Crippen molar-refractivity contribution in [3.63, 3.8) is 0 Å². The predicted molar refractivity (Wildman–Crippen MR) is 110 cm³/mol. The van der Waals surface area contributed by atoms with Crippen molar-refractivity contribution >= 4 is 17.5 Å². The molecule has 1 aliphatic rings. The number of aryl methyl sites for hydroxylation is 2. The zero-order valence-corrected chi connectivity index (χ0v) is 16.6. The van der Waals surface area contributed by atoms with Gasteiger partial charge in [0.05, 0.1) is 18.8 Å². The molecule has 1 aromatic heterocycles. The maximum Gasteiger partial charge on any atom is 0.238 e. The number of hydrogen-bond donors (Lipinski definition) is 2. The van der Waals surface area contributed by atoms with Crippen molar-refractivity contribution in [2.45, 2.75) is 45.7 Å². The molecule has 2 N–H and O–H groups in total. The molecular weight excluding hydrogens is 352 g/mol. The van der Waals surface area contributed by atoms with Crippen molar-refractivity contribution < 1.29 is 9.59 Å². The Morgan fingerprint density at radius 3 is 2.46 bits per heavy atom. The summed E-state index contributed by atoms with van der Waals surface area (Å²) < 4.78 is 0. The van der Waals surface area contributed by atoms with E-state index < -0.39 is 0 Å². The van der Waals surface area contributed by atoms with E-state index in [0.29, 0.717) is 32.1 Å². The average Bonchev–Trinajstić information content (AvgIpc) is 3.52. The smallest absolute Gasteiger partial charge is 0.238 e. The summed E-state index contributed by atoms with van der Waals surface area (Å²) in [4.78, 5) is 31.0. The minimum atomic E-state index is -0.0295. The molecule has 0 atom stereocenters. The van der Waals surface area contributed by atoms with E-state index in [2.05, 4.69) is 20.5 Å². The standard InChI is InChI=1S/C22H28N4O2/c1-16-6-5-7-17(2)22(16)25-21(28)15-26(19-9-10-19)13-11-20(27)24-14-18-8-3-4-12-23-18/h3-8,12,19H,9-11,13-15H2,1-2H3,(H,24,27)(H,25,28). The van der Waals surface area contributed by atoms with Crippen LogP contribution in [0.1, 0.15) is 36.1 Å². The van der Waals surface area contributed by atoms with Crippen LogP contribution in [-0.2, 0) is 16.1 Å². The SMILES string of the molecule is Cc1cccc(C)c1NC(=O)CN(CCC(=O)NCc1ccccn1)C1CC1. The molecule has 148 valence electrons. The zero-order chi connectivity index (χ0) is 19.9. The molecule has 0 unspecified atom stereocenters. The highest BCUT2D eigenvalue weighted by Crippen LogP contribution is 2.27. The number of carbonyl (C=O) groups is 2. The van der Waals surface area contributed by atoms with Crippen LogP contribution < -0.4 is 10.6 Å². The fourth-order valence-electron chi connectivity index (χ4n) is 3.23. The first-order valence-electron chi connectivity index (χ1n) is 9.79. The van der Waals surface area contributed by atoms with Crippen LogP contribution in [0.25, 0.3) is 0 Å². The average molecular weight is 380 g/mol. The molecule has 0 aliphatic heterocycles. The van der Waals surface area contributed by atoms with E-state index in [1.165, 1.54) is 0 Å². The molecule has 6 heteroatoms. The Hall–Kier alpha value is -2.73. The summed E-state index contributed by atoms with van der Waals surface area (Å²) >= 11 is 0. The van der Waals surface area contributed by atoms with Crippen LogP contribution in [0.2, 0.25) is 0 Å². The van der Waals surface area contributed by atoms with Gasteiger partial charge in [-0.25, -0.2) is 0 Å². The zero-order valence-electron chi connectivity index (χ0n) is 16.6. The van der Waals surface area contributed by atoms with E-state index in [9.17, 15) is 9.59 Å². The Labute approximate surface area is 166 Å². The van der Waals surface area contributed by atoms with E-state index in [4.69, 9.17) is 0 Å². The quantitative estimate of drug-likeness (QED) is 0.702. The van der Waals surface area contributed by atoms with Gasteiger partial charge in [0.1, 0.15) is 0 Å². The molecule has 0 saturated heterocycles. The van der Waals surface area contributed by atoms with Gasteiger partial charge < -0.3 is 10.6 Å². The van der Waals surface area contributed by atoms with Crippen LogP contribution in [0.4, 0.5) is 5.69 Å². The second-order valence-electron chi connectivity index (χ2n) is 7.36. The molecule has 0 radical (unpaired) electrons. The number of para-hydroxylation sites is 1. The third-order valence-corrected chi connectivity index (χ3v) is 4.97. The number of nitrogens with one attached hydrogen (secondary N) is 2. The van der Waals surface area contributed by atoms with Crippen molar-refractivity contribution in [3.05, 3.63) is 59.4 Å². The fraction of sp³-hybridized carbons (Fsp3) is 0.409. The molecule has 28 heavy (non-hydrogen) atoms. The Balaban J connectivity index is 1.47. The molecule has 0 spiro atoms. The molecule has 6 nitrogen and oxygen atoms in total. The molecule has 1 heterocycles. The van der Waals surface area contributed by atoms with Gasteiger partial charge >= 0.3 is 0 Å². The van der Waals surface area contributed by atoms with Gasteiger partial charge in [-0.1, -0.05) is 24.3 Å². The first-order chi connectivity index (χ1) is 13.5. The highest BCUT2D eigenvalue weighted by molar-refractivity contribution is 5.93. The number of rotatable bonds is 9.